The van der Waals surface area contributed by atoms with Gasteiger partial charge in [-0.2, -0.15) is 0 Å². The third-order valence-electron chi connectivity index (χ3n) is 1.43. The van der Waals surface area contributed by atoms with Gasteiger partial charge in [0.1, 0.15) is 5.75 Å². The molecule has 4 N–H and O–H groups in total. The summed E-state index contributed by atoms with van der Waals surface area (Å²) in [5, 5.41) is 45.8. The number of aromatic carboxylic acids is 1. The molecular formula is C7H5O6-. The first-order valence-electron chi connectivity index (χ1n) is 3.13. The Bertz CT molecular complexity index is 370. The van der Waals surface area contributed by atoms with Crippen LogP contribution in [0, 0.1) is 0 Å². The second-order valence-corrected chi connectivity index (χ2v) is 2.27. The van der Waals surface area contributed by atoms with Crippen LogP contribution in [0.2, 0.25) is 0 Å². The van der Waals surface area contributed by atoms with Gasteiger partial charge in [0.2, 0.25) is 0 Å². The Morgan fingerprint density at radius 1 is 1.23 bits per heavy atom. The van der Waals surface area contributed by atoms with Crippen molar-refractivity contribution in [2.24, 2.45) is 0 Å². The number of hydrogen-bond donors (Lipinski definition) is 4. The molecule has 0 radical (unpaired) electrons. The Morgan fingerprint density at radius 2 is 1.77 bits per heavy atom. The normalized spacial score (nSPS) is 9.85. The highest BCUT2D eigenvalue weighted by Gasteiger charge is 2.15. The molecule has 0 heterocycles. The molecule has 0 amide bonds. The number of phenolic OH excluding ortho intramolecular Hbond substituents is 2. The van der Waals surface area contributed by atoms with Crippen molar-refractivity contribution in [2.75, 3.05) is 0 Å². The summed E-state index contributed by atoms with van der Waals surface area (Å²) in [6.07, 6.45) is 0. The van der Waals surface area contributed by atoms with Crippen molar-refractivity contribution >= 4 is 5.97 Å². The van der Waals surface area contributed by atoms with Crippen molar-refractivity contribution in [3.8, 4) is 23.0 Å². The molecule has 0 bridgehead atoms. The molecule has 1 rings (SSSR count). The van der Waals surface area contributed by atoms with E-state index in [0.29, 0.717) is 6.07 Å². The SMILES string of the molecule is O=C(O)c1c(O)cc(O)c(O)c1[O-]. The third kappa shape index (κ3) is 1.28. The van der Waals surface area contributed by atoms with E-state index in [1.165, 1.54) is 0 Å². The number of benzene rings is 1. The Balaban J connectivity index is 3.53. The molecule has 0 fully saturated rings. The summed E-state index contributed by atoms with van der Waals surface area (Å²) in [6.45, 7) is 0. The number of carboxylic acids is 1. The Morgan fingerprint density at radius 3 is 2.23 bits per heavy atom. The van der Waals surface area contributed by atoms with Gasteiger partial charge in [0.15, 0.2) is 11.5 Å². The van der Waals surface area contributed by atoms with Gasteiger partial charge in [0, 0.05) is 6.07 Å². The van der Waals surface area contributed by atoms with Gasteiger partial charge in [0.05, 0.1) is 5.56 Å². The highest BCUT2D eigenvalue weighted by Crippen LogP contribution is 2.40. The maximum absolute atomic E-state index is 10.9. The van der Waals surface area contributed by atoms with Gasteiger partial charge in [-0.15, -0.1) is 0 Å². The molecule has 0 saturated heterocycles. The van der Waals surface area contributed by atoms with Gasteiger partial charge in [0.25, 0.3) is 0 Å². The highest BCUT2D eigenvalue weighted by atomic mass is 16.4. The van der Waals surface area contributed by atoms with Gasteiger partial charge < -0.3 is 25.5 Å². The number of aromatic hydroxyl groups is 3. The topological polar surface area (TPSA) is 121 Å². The minimum absolute atomic E-state index is 0.584. The van der Waals surface area contributed by atoms with Crippen molar-refractivity contribution in [2.45, 2.75) is 0 Å². The van der Waals surface area contributed by atoms with Crippen molar-refractivity contribution in [1.29, 1.82) is 0 Å². The van der Waals surface area contributed by atoms with Gasteiger partial charge >= 0.3 is 5.97 Å². The number of phenols is 3. The van der Waals surface area contributed by atoms with Crippen molar-refractivity contribution in [1.82, 2.24) is 0 Å². The predicted molar refractivity (Wildman–Crippen MR) is 37.8 cm³/mol. The van der Waals surface area contributed by atoms with Crippen LogP contribution in [0.1, 0.15) is 10.4 Å². The van der Waals surface area contributed by atoms with Crippen molar-refractivity contribution in [3.63, 3.8) is 0 Å². The van der Waals surface area contributed by atoms with Crippen LogP contribution in [0.15, 0.2) is 6.07 Å². The fraction of sp³-hybridized carbons (Fsp3) is 0. The molecule has 0 unspecified atom stereocenters. The second-order valence-electron chi connectivity index (χ2n) is 2.27. The fourth-order valence-corrected chi connectivity index (χ4v) is 0.828. The summed E-state index contributed by atoms with van der Waals surface area (Å²) < 4.78 is 0. The lowest BCUT2D eigenvalue weighted by molar-refractivity contribution is -0.270. The number of hydrogen-bond acceptors (Lipinski definition) is 5. The quantitative estimate of drug-likeness (QED) is 0.348. The minimum atomic E-state index is -1.67. The molecule has 0 aromatic heterocycles. The van der Waals surface area contributed by atoms with Gasteiger partial charge in [-0.05, 0) is 5.75 Å². The van der Waals surface area contributed by atoms with E-state index in [-0.39, 0.29) is 0 Å². The smallest absolute Gasteiger partial charge is 0.338 e. The minimum Gasteiger partial charge on any atom is -0.869 e. The van der Waals surface area contributed by atoms with Crippen LogP contribution in [0.25, 0.3) is 0 Å². The van der Waals surface area contributed by atoms with Crippen LogP contribution in [0.5, 0.6) is 23.0 Å². The van der Waals surface area contributed by atoms with Crippen LogP contribution in [0.4, 0.5) is 0 Å². The lowest BCUT2D eigenvalue weighted by Gasteiger charge is -2.14. The van der Waals surface area contributed by atoms with E-state index >= 15 is 0 Å². The number of carbonyl (C=O) groups is 1. The fourth-order valence-electron chi connectivity index (χ4n) is 0.828. The average molecular weight is 185 g/mol. The Labute approximate surface area is 71.9 Å². The molecule has 70 valence electrons. The van der Waals surface area contributed by atoms with Gasteiger partial charge in [-0.25, -0.2) is 4.79 Å². The lowest BCUT2D eigenvalue weighted by atomic mass is 10.1. The second kappa shape index (κ2) is 2.74. The summed E-state index contributed by atoms with van der Waals surface area (Å²) in [6, 6.07) is 0.584. The zero-order valence-electron chi connectivity index (χ0n) is 6.18. The van der Waals surface area contributed by atoms with Crippen LogP contribution in [0.3, 0.4) is 0 Å². The Kier molecular flexibility index (Phi) is 1.89. The standard InChI is InChI=1S/C7H6O6/c8-2-1-3(9)5(10)6(11)4(2)7(12)13/h1,8-11H,(H,12,13)/p-1. The molecule has 0 aliphatic rings. The third-order valence-corrected chi connectivity index (χ3v) is 1.43. The maximum atomic E-state index is 10.9. The van der Waals surface area contributed by atoms with E-state index in [1.54, 1.807) is 0 Å². The van der Waals surface area contributed by atoms with Crippen LogP contribution in [-0.4, -0.2) is 26.4 Å². The Hall–Kier alpha value is -2.11. The molecule has 6 nitrogen and oxygen atoms in total. The van der Waals surface area contributed by atoms with Gasteiger partial charge in [-0.3, -0.25) is 0 Å². The molecule has 13 heavy (non-hydrogen) atoms. The monoisotopic (exact) mass is 185 g/mol. The molecule has 0 atom stereocenters. The molecule has 0 saturated carbocycles. The summed E-state index contributed by atoms with van der Waals surface area (Å²) in [4.78, 5) is 10.4. The highest BCUT2D eigenvalue weighted by molar-refractivity contribution is 5.95. The molecule has 0 aliphatic carbocycles. The number of carboxylic acid groups (broad SMARTS) is 1. The maximum Gasteiger partial charge on any atom is 0.338 e. The number of rotatable bonds is 1. The van der Waals surface area contributed by atoms with E-state index in [4.69, 9.17) is 20.4 Å². The summed E-state index contributed by atoms with van der Waals surface area (Å²) in [5.41, 5.74) is -0.963. The van der Waals surface area contributed by atoms with E-state index in [0.717, 1.165) is 0 Å². The van der Waals surface area contributed by atoms with E-state index in [9.17, 15) is 9.90 Å². The summed E-state index contributed by atoms with van der Waals surface area (Å²) in [5.74, 6) is -5.81. The first kappa shape index (κ1) is 8.98. The first-order valence-corrected chi connectivity index (χ1v) is 3.13. The summed E-state index contributed by atoms with van der Waals surface area (Å²) >= 11 is 0. The molecule has 0 spiro atoms. The molecule has 1 aromatic carbocycles. The predicted octanol–water partition coefficient (Wildman–Crippen LogP) is -0.425. The molecule has 1 aromatic rings. The molecular weight excluding hydrogens is 180 g/mol. The van der Waals surface area contributed by atoms with Crippen LogP contribution < -0.4 is 5.11 Å². The van der Waals surface area contributed by atoms with E-state index in [2.05, 4.69) is 0 Å². The van der Waals surface area contributed by atoms with Crippen molar-refractivity contribution in [3.05, 3.63) is 11.6 Å². The lowest BCUT2D eigenvalue weighted by Crippen LogP contribution is -2.04. The van der Waals surface area contributed by atoms with Crippen molar-refractivity contribution < 1.29 is 30.3 Å². The van der Waals surface area contributed by atoms with Gasteiger partial charge in [-0.1, -0.05) is 0 Å². The first-order chi connectivity index (χ1) is 5.95. The van der Waals surface area contributed by atoms with Crippen LogP contribution in [-0.2, 0) is 0 Å². The van der Waals surface area contributed by atoms with Crippen LogP contribution >= 0.6 is 0 Å². The average Bonchev–Trinajstić information content (AvgIpc) is 1.99. The summed E-state index contributed by atoms with van der Waals surface area (Å²) in [7, 11) is 0. The zero-order valence-corrected chi connectivity index (χ0v) is 6.18. The van der Waals surface area contributed by atoms with E-state index in [1.807, 2.05) is 0 Å². The zero-order chi connectivity index (χ0) is 10.2. The van der Waals surface area contributed by atoms with E-state index < -0.39 is 34.5 Å². The molecule has 0 aliphatic heterocycles. The molecule has 6 heteroatoms. The largest absolute Gasteiger partial charge is 0.869 e.